The lowest BCUT2D eigenvalue weighted by molar-refractivity contribution is 0.292. The molecule has 0 atom stereocenters. The normalized spacial score (nSPS) is 10.8. The van der Waals surface area contributed by atoms with Crippen LogP contribution in [0.3, 0.4) is 0 Å². The van der Waals surface area contributed by atoms with Gasteiger partial charge in [0.25, 0.3) is 0 Å². The van der Waals surface area contributed by atoms with Crippen molar-refractivity contribution in [3.8, 4) is 17.2 Å². The van der Waals surface area contributed by atoms with Gasteiger partial charge in [-0.15, -0.1) is 10.2 Å². The topological polar surface area (TPSA) is 49.2 Å². The predicted molar refractivity (Wildman–Crippen MR) is 104 cm³/mol. The molecule has 5 nitrogen and oxygen atoms in total. The highest BCUT2D eigenvalue weighted by molar-refractivity contribution is 7.99. The van der Waals surface area contributed by atoms with Crippen LogP contribution in [0.5, 0.6) is 11.5 Å². The number of aromatic nitrogens is 3. The lowest BCUT2D eigenvalue weighted by atomic mass is 10.3. The van der Waals surface area contributed by atoms with Crippen LogP contribution < -0.4 is 9.47 Å². The Balaban J connectivity index is 1.84. The van der Waals surface area contributed by atoms with Gasteiger partial charge < -0.3 is 9.47 Å². The number of hydrogen-bond acceptors (Lipinski definition) is 5. The molecule has 0 radical (unpaired) electrons. The number of para-hydroxylation sites is 1. The number of unbranched alkanes of at least 4 members (excludes halogenated alkanes) is 1. The van der Waals surface area contributed by atoms with Gasteiger partial charge >= 0.3 is 0 Å². The Hall–Kier alpha value is -2.54. The van der Waals surface area contributed by atoms with Crippen molar-refractivity contribution in [1.82, 2.24) is 14.8 Å². The van der Waals surface area contributed by atoms with Crippen molar-refractivity contribution in [3.63, 3.8) is 0 Å². The van der Waals surface area contributed by atoms with E-state index in [9.17, 15) is 4.39 Å². The minimum atomic E-state index is -0.319. The number of benzene rings is 2. The largest absolute Gasteiger partial charge is 0.497 e. The summed E-state index contributed by atoms with van der Waals surface area (Å²) < 4.78 is 27.1. The molecule has 3 rings (SSSR count). The lowest BCUT2D eigenvalue weighted by Gasteiger charge is -2.12. The van der Waals surface area contributed by atoms with Gasteiger partial charge in [0.2, 0.25) is 0 Å². The van der Waals surface area contributed by atoms with Crippen molar-refractivity contribution in [2.45, 2.75) is 31.5 Å². The average molecular weight is 387 g/mol. The van der Waals surface area contributed by atoms with E-state index >= 15 is 0 Å². The molecule has 0 bridgehead atoms. The molecule has 0 spiro atoms. The zero-order chi connectivity index (χ0) is 19.1. The Morgan fingerprint density at radius 3 is 2.48 bits per heavy atom. The van der Waals surface area contributed by atoms with Gasteiger partial charge in [0, 0.05) is 5.75 Å². The van der Waals surface area contributed by atoms with E-state index in [0.717, 1.165) is 24.3 Å². The van der Waals surface area contributed by atoms with Gasteiger partial charge in [0.05, 0.1) is 12.8 Å². The van der Waals surface area contributed by atoms with E-state index in [2.05, 4.69) is 17.1 Å². The Labute approximate surface area is 162 Å². The molecule has 7 heteroatoms. The summed E-state index contributed by atoms with van der Waals surface area (Å²) in [7, 11) is 1.62. The van der Waals surface area contributed by atoms with E-state index in [0.29, 0.717) is 22.4 Å². The van der Waals surface area contributed by atoms with Crippen molar-refractivity contribution in [2.75, 3.05) is 12.9 Å². The number of nitrogens with zero attached hydrogens (tertiary/aromatic N) is 3. The van der Waals surface area contributed by atoms with Crippen LogP contribution in [0.4, 0.5) is 4.39 Å². The van der Waals surface area contributed by atoms with E-state index in [1.165, 1.54) is 6.07 Å². The molecule has 27 heavy (non-hydrogen) atoms. The van der Waals surface area contributed by atoms with Crippen molar-refractivity contribution in [1.29, 1.82) is 0 Å². The molecule has 2 aromatic carbocycles. The molecule has 142 valence electrons. The van der Waals surface area contributed by atoms with Gasteiger partial charge in [0.15, 0.2) is 11.0 Å². The summed E-state index contributed by atoms with van der Waals surface area (Å²) in [5.74, 6) is 2.57. The monoisotopic (exact) mass is 387 g/mol. The molecule has 0 fully saturated rings. The molecular weight excluding hydrogens is 365 g/mol. The summed E-state index contributed by atoms with van der Waals surface area (Å²) in [4.78, 5) is 0. The molecule has 1 aromatic heterocycles. The number of thioether (sulfide) groups is 1. The van der Waals surface area contributed by atoms with Crippen LogP contribution in [-0.4, -0.2) is 27.6 Å². The summed E-state index contributed by atoms with van der Waals surface area (Å²) in [5, 5.41) is 9.16. The number of methoxy groups -OCH3 is 1. The summed E-state index contributed by atoms with van der Waals surface area (Å²) in [5.41, 5.74) is 0.426. The molecule has 1 heterocycles. The Morgan fingerprint density at radius 1 is 1.04 bits per heavy atom. The standard InChI is InChI=1S/C20H22FN3O2S/c1-3-4-13-27-20-23-22-19(24(20)18-8-6-5-7-17(18)21)14-26-16-11-9-15(25-2)10-12-16/h5-12H,3-4,13-14H2,1-2H3. The second-order valence-corrected chi connectivity index (χ2v) is 6.91. The molecule has 0 saturated carbocycles. The summed E-state index contributed by atoms with van der Waals surface area (Å²) in [6.45, 7) is 2.32. The van der Waals surface area contributed by atoms with E-state index in [1.807, 2.05) is 24.3 Å². The summed E-state index contributed by atoms with van der Waals surface area (Å²) in [6, 6.07) is 13.9. The van der Waals surface area contributed by atoms with Crippen LogP contribution in [0.2, 0.25) is 0 Å². The fourth-order valence-corrected chi connectivity index (χ4v) is 3.54. The smallest absolute Gasteiger partial charge is 0.196 e. The maximum Gasteiger partial charge on any atom is 0.196 e. The third kappa shape index (κ3) is 4.80. The fraction of sp³-hybridized carbons (Fsp3) is 0.300. The second kappa shape index (κ2) is 9.41. The van der Waals surface area contributed by atoms with Crippen molar-refractivity contribution < 1.29 is 13.9 Å². The average Bonchev–Trinajstić information content (AvgIpc) is 3.10. The first-order valence-electron chi connectivity index (χ1n) is 8.81. The fourth-order valence-electron chi connectivity index (χ4n) is 2.49. The van der Waals surface area contributed by atoms with Gasteiger partial charge in [-0.3, -0.25) is 4.57 Å². The van der Waals surface area contributed by atoms with Crippen molar-refractivity contribution in [3.05, 3.63) is 60.2 Å². The number of halogens is 1. The highest BCUT2D eigenvalue weighted by atomic mass is 32.2. The third-order valence-electron chi connectivity index (χ3n) is 3.95. The lowest BCUT2D eigenvalue weighted by Crippen LogP contribution is -2.08. The van der Waals surface area contributed by atoms with Crippen molar-refractivity contribution in [2.24, 2.45) is 0 Å². The predicted octanol–water partition coefficient (Wildman–Crippen LogP) is 4.89. The van der Waals surface area contributed by atoms with Gasteiger partial charge in [-0.1, -0.05) is 37.2 Å². The van der Waals surface area contributed by atoms with Crippen LogP contribution >= 0.6 is 11.8 Å². The molecule has 0 N–H and O–H groups in total. The minimum Gasteiger partial charge on any atom is -0.497 e. The molecule has 0 aliphatic carbocycles. The quantitative estimate of drug-likeness (QED) is 0.387. The van der Waals surface area contributed by atoms with Crippen LogP contribution in [0.15, 0.2) is 53.7 Å². The minimum absolute atomic E-state index is 0.183. The van der Waals surface area contributed by atoms with Gasteiger partial charge in [-0.05, 0) is 42.8 Å². The van der Waals surface area contributed by atoms with Crippen LogP contribution in [-0.2, 0) is 6.61 Å². The van der Waals surface area contributed by atoms with Crippen molar-refractivity contribution >= 4 is 11.8 Å². The zero-order valence-electron chi connectivity index (χ0n) is 15.4. The number of ether oxygens (including phenoxy) is 2. The zero-order valence-corrected chi connectivity index (χ0v) is 16.2. The van der Waals surface area contributed by atoms with Gasteiger partial charge in [0.1, 0.15) is 23.9 Å². The van der Waals surface area contributed by atoms with Crippen LogP contribution in [0, 0.1) is 5.82 Å². The molecule has 0 aliphatic rings. The number of rotatable bonds is 9. The van der Waals surface area contributed by atoms with Gasteiger partial charge in [-0.2, -0.15) is 0 Å². The summed E-state index contributed by atoms with van der Waals surface area (Å²) >= 11 is 1.57. The van der Waals surface area contributed by atoms with E-state index in [-0.39, 0.29) is 12.4 Å². The maximum atomic E-state index is 14.4. The molecule has 0 saturated heterocycles. The van der Waals surface area contributed by atoms with E-state index < -0.39 is 0 Å². The molecule has 0 unspecified atom stereocenters. The Morgan fingerprint density at radius 2 is 1.78 bits per heavy atom. The van der Waals surface area contributed by atoms with Gasteiger partial charge in [-0.25, -0.2) is 4.39 Å². The van der Waals surface area contributed by atoms with Crippen LogP contribution in [0.1, 0.15) is 25.6 Å². The first kappa shape index (κ1) is 19.2. The summed E-state index contributed by atoms with van der Waals surface area (Å²) in [6.07, 6.45) is 2.15. The second-order valence-electron chi connectivity index (χ2n) is 5.85. The molecule has 3 aromatic rings. The maximum absolute atomic E-state index is 14.4. The first-order chi connectivity index (χ1) is 13.2. The Bertz CT molecular complexity index is 868. The van der Waals surface area contributed by atoms with E-state index in [1.54, 1.807) is 41.6 Å². The highest BCUT2D eigenvalue weighted by Crippen LogP contribution is 2.26. The molecule has 0 aliphatic heterocycles. The van der Waals surface area contributed by atoms with E-state index in [4.69, 9.17) is 9.47 Å². The molecule has 0 amide bonds. The highest BCUT2D eigenvalue weighted by Gasteiger charge is 2.17. The third-order valence-corrected chi connectivity index (χ3v) is 4.97. The number of hydrogen-bond donors (Lipinski definition) is 0. The van der Waals surface area contributed by atoms with Crippen LogP contribution in [0.25, 0.3) is 5.69 Å². The SMILES string of the molecule is CCCCSc1nnc(COc2ccc(OC)cc2)n1-c1ccccc1F. The molecular formula is C20H22FN3O2S. The first-order valence-corrected chi connectivity index (χ1v) is 9.80. The Kier molecular flexibility index (Phi) is 6.70.